The third kappa shape index (κ3) is 4.73. The summed E-state index contributed by atoms with van der Waals surface area (Å²) in [5, 5.41) is 12.0. The van der Waals surface area contributed by atoms with Crippen molar-refractivity contribution in [3.63, 3.8) is 0 Å². The predicted octanol–water partition coefficient (Wildman–Crippen LogP) is 1.92. The van der Waals surface area contributed by atoms with Crippen LogP contribution in [0.3, 0.4) is 0 Å². The summed E-state index contributed by atoms with van der Waals surface area (Å²) in [7, 11) is 1.77. The van der Waals surface area contributed by atoms with Crippen LogP contribution >= 0.6 is 0 Å². The zero-order chi connectivity index (χ0) is 24.4. The van der Waals surface area contributed by atoms with Gasteiger partial charge in [0.25, 0.3) is 0 Å². The van der Waals surface area contributed by atoms with Crippen LogP contribution in [0.4, 0.5) is 10.5 Å². The first-order valence-electron chi connectivity index (χ1n) is 11.3. The summed E-state index contributed by atoms with van der Waals surface area (Å²) in [5.74, 6) is -1.11. The molecule has 2 aliphatic rings. The van der Waals surface area contributed by atoms with Gasteiger partial charge in [-0.25, -0.2) is 4.79 Å². The summed E-state index contributed by atoms with van der Waals surface area (Å²) >= 11 is 0. The van der Waals surface area contributed by atoms with Crippen LogP contribution < -0.4 is 16.0 Å². The van der Waals surface area contributed by atoms with Crippen LogP contribution in [-0.2, 0) is 27.2 Å². The fourth-order valence-corrected chi connectivity index (χ4v) is 4.61. The van der Waals surface area contributed by atoms with E-state index in [1.807, 2.05) is 42.5 Å². The minimum absolute atomic E-state index is 0.0711. The minimum atomic E-state index is -1.15. The molecule has 0 aromatic heterocycles. The Balaban J connectivity index is 1.45. The molecule has 0 spiro atoms. The number of carboxylic acid groups (broad SMARTS) is 1. The number of amides is 4. The highest BCUT2D eigenvalue weighted by molar-refractivity contribution is 6.01. The Morgan fingerprint density at radius 1 is 1.12 bits per heavy atom. The zero-order valence-electron chi connectivity index (χ0n) is 19.0. The van der Waals surface area contributed by atoms with Gasteiger partial charge in [-0.05, 0) is 47.6 Å². The Kier molecular flexibility index (Phi) is 6.54. The Hall–Kier alpha value is -3.88. The molecule has 2 aromatic rings. The molecule has 4 rings (SSSR count). The van der Waals surface area contributed by atoms with E-state index in [9.17, 15) is 24.3 Å². The van der Waals surface area contributed by atoms with E-state index in [1.54, 1.807) is 11.9 Å². The van der Waals surface area contributed by atoms with Gasteiger partial charge in [-0.3, -0.25) is 19.3 Å². The number of nitrogens with two attached hydrogens (primary N) is 1. The number of likely N-dealkylation sites (N-methyl/N-ethyl adjacent to an activating group) is 1. The quantitative estimate of drug-likeness (QED) is 0.601. The van der Waals surface area contributed by atoms with Crippen molar-refractivity contribution >= 4 is 29.5 Å². The molecule has 2 heterocycles. The number of piperidine rings is 1. The molecule has 2 aliphatic heterocycles. The van der Waals surface area contributed by atoms with Crippen LogP contribution in [-0.4, -0.2) is 59.5 Å². The lowest BCUT2D eigenvalue weighted by Crippen LogP contribution is -2.56. The van der Waals surface area contributed by atoms with Gasteiger partial charge in [-0.2, -0.15) is 0 Å². The largest absolute Gasteiger partial charge is 0.465 e. The molecular formula is C25H28N4O5. The molecule has 178 valence electrons. The van der Waals surface area contributed by atoms with Crippen molar-refractivity contribution in [2.24, 2.45) is 5.73 Å². The topological polar surface area (TPSA) is 133 Å². The Labute approximate surface area is 197 Å². The van der Waals surface area contributed by atoms with E-state index < -0.39 is 30.0 Å². The van der Waals surface area contributed by atoms with Gasteiger partial charge < -0.3 is 21.1 Å². The lowest BCUT2D eigenvalue weighted by molar-refractivity contribution is -0.131. The van der Waals surface area contributed by atoms with Crippen molar-refractivity contribution in [2.45, 2.75) is 44.2 Å². The molecule has 4 amide bonds. The maximum absolute atomic E-state index is 12.7. The average Bonchev–Trinajstić information content (AvgIpc) is 3.11. The predicted molar refractivity (Wildman–Crippen MR) is 126 cm³/mol. The van der Waals surface area contributed by atoms with Crippen molar-refractivity contribution in [3.8, 4) is 11.1 Å². The molecule has 2 aromatic carbocycles. The third-order valence-corrected chi connectivity index (χ3v) is 6.60. The molecule has 0 saturated carbocycles. The standard InChI is InChI=1S/C25H28N4O5/c1-28-21-13-17(9-10-18(21)14-22(28)30)16-7-5-15(6-8-16)12-19(23(26)31)27-24(32)20-4-2-3-11-29(20)25(33)34/h5-10,13,19-20H,2-4,11-12,14H2,1H3,(H2,26,31)(H,27,32)(H,33,34)/t19-,20?/m0/s1. The number of carbonyl (C=O) groups is 4. The molecule has 9 nitrogen and oxygen atoms in total. The van der Waals surface area contributed by atoms with Gasteiger partial charge in [0.05, 0.1) is 6.42 Å². The normalized spacial score (nSPS) is 18.4. The van der Waals surface area contributed by atoms with E-state index in [0.717, 1.165) is 39.3 Å². The molecule has 0 aliphatic carbocycles. The van der Waals surface area contributed by atoms with Gasteiger partial charge in [-0.1, -0.05) is 36.4 Å². The Morgan fingerprint density at radius 2 is 1.82 bits per heavy atom. The van der Waals surface area contributed by atoms with E-state index in [-0.39, 0.29) is 12.3 Å². The fraction of sp³-hybridized carbons (Fsp3) is 0.360. The molecule has 9 heteroatoms. The SMILES string of the molecule is CN1C(=O)Cc2ccc(-c3ccc(C[C@H](NC(=O)C4CCCCN4C(=O)O)C(N)=O)cc3)cc21. The van der Waals surface area contributed by atoms with Gasteiger partial charge in [-0.15, -0.1) is 0 Å². The smallest absolute Gasteiger partial charge is 0.407 e. The number of anilines is 1. The van der Waals surface area contributed by atoms with E-state index in [4.69, 9.17) is 5.73 Å². The number of carbonyl (C=O) groups excluding carboxylic acids is 3. The number of benzene rings is 2. The lowest BCUT2D eigenvalue weighted by atomic mass is 9.98. The highest BCUT2D eigenvalue weighted by Gasteiger charge is 2.33. The van der Waals surface area contributed by atoms with Gasteiger partial charge in [0.15, 0.2) is 0 Å². The number of hydrogen-bond acceptors (Lipinski definition) is 4. The van der Waals surface area contributed by atoms with Crippen LogP contribution in [0.15, 0.2) is 42.5 Å². The molecule has 1 fully saturated rings. The Bertz CT molecular complexity index is 1130. The minimum Gasteiger partial charge on any atom is -0.465 e. The highest BCUT2D eigenvalue weighted by Crippen LogP contribution is 2.32. The number of likely N-dealkylation sites (tertiary alicyclic amines) is 1. The van der Waals surface area contributed by atoms with Gasteiger partial charge >= 0.3 is 6.09 Å². The van der Waals surface area contributed by atoms with E-state index in [0.29, 0.717) is 25.8 Å². The number of rotatable bonds is 6. The van der Waals surface area contributed by atoms with Crippen LogP contribution in [0.25, 0.3) is 11.1 Å². The van der Waals surface area contributed by atoms with Crippen LogP contribution in [0.2, 0.25) is 0 Å². The third-order valence-electron chi connectivity index (χ3n) is 6.60. The van der Waals surface area contributed by atoms with Gasteiger partial charge in [0.1, 0.15) is 12.1 Å². The summed E-state index contributed by atoms with van der Waals surface area (Å²) in [6.07, 6.45) is 1.34. The monoisotopic (exact) mass is 464 g/mol. The molecule has 1 saturated heterocycles. The second-order valence-corrected chi connectivity index (χ2v) is 8.83. The fourth-order valence-electron chi connectivity index (χ4n) is 4.61. The molecule has 34 heavy (non-hydrogen) atoms. The van der Waals surface area contributed by atoms with Crippen LogP contribution in [0.1, 0.15) is 30.4 Å². The number of nitrogens with zero attached hydrogens (tertiary/aromatic N) is 2. The number of nitrogens with one attached hydrogen (secondary N) is 1. The molecule has 4 N–H and O–H groups in total. The molecular weight excluding hydrogens is 436 g/mol. The summed E-state index contributed by atoms with van der Waals surface area (Å²) in [6.45, 7) is 0.294. The van der Waals surface area contributed by atoms with Gasteiger partial charge in [0.2, 0.25) is 17.7 Å². The van der Waals surface area contributed by atoms with Gasteiger partial charge in [0, 0.05) is 25.7 Å². The first-order valence-corrected chi connectivity index (χ1v) is 11.3. The molecule has 2 atom stereocenters. The second-order valence-electron chi connectivity index (χ2n) is 8.83. The van der Waals surface area contributed by atoms with Crippen molar-refractivity contribution in [2.75, 3.05) is 18.5 Å². The second kappa shape index (κ2) is 9.54. The number of primary amides is 1. The van der Waals surface area contributed by atoms with Crippen molar-refractivity contribution in [1.29, 1.82) is 0 Å². The highest BCUT2D eigenvalue weighted by atomic mass is 16.4. The van der Waals surface area contributed by atoms with Crippen molar-refractivity contribution in [3.05, 3.63) is 53.6 Å². The summed E-state index contributed by atoms with van der Waals surface area (Å²) in [5.41, 5.74) is 10.2. The van der Waals surface area contributed by atoms with E-state index in [2.05, 4.69) is 5.32 Å². The number of hydrogen-bond donors (Lipinski definition) is 3. The summed E-state index contributed by atoms with van der Waals surface area (Å²) < 4.78 is 0. The molecule has 1 unspecified atom stereocenters. The molecule has 0 radical (unpaired) electrons. The maximum Gasteiger partial charge on any atom is 0.407 e. The van der Waals surface area contributed by atoms with Crippen molar-refractivity contribution in [1.82, 2.24) is 10.2 Å². The average molecular weight is 465 g/mol. The summed E-state index contributed by atoms with van der Waals surface area (Å²) in [4.78, 5) is 51.0. The van der Waals surface area contributed by atoms with Crippen molar-refractivity contribution < 1.29 is 24.3 Å². The first-order chi connectivity index (χ1) is 16.2. The van der Waals surface area contributed by atoms with E-state index >= 15 is 0 Å². The number of fused-ring (bicyclic) bond motifs is 1. The van der Waals surface area contributed by atoms with E-state index in [1.165, 1.54) is 0 Å². The Morgan fingerprint density at radius 3 is 2.50 bits per heavy atom. The maximum atomic E-state index is 12.7. The first kappa shape index (κ1) is 23.3. The van der Waals surface area contributed by atoms with Crippen LogP contribution in [0, 0.1) is 0 Å². The molecule has 0 bridgehead atoms. The summed E-state index contributed by atoms with van der Waals surface area (Å²) in [6, 6.07) is 11.7. The zero-order valence-corrected chi connectivity index (χ0v) is 19.0. The van der Waals surface area contributed by atoms with Crippen LogP contribution in [0.5, 0.6) is 0 Å². The lowest BCUT2D eigenvalue weighted by Gasteiger charge is -2.33.